The van der Waals surface area contributed by atoms with Gasteiger partial charge in [-0.15, -0.1) is 0 Å². The lowest BCUT2D eigenvalue weighted by Crippen LogP contribution is -2.29. The number of alkyl halides is 3. The first-order valence-electron chi connectivity index (χ1n) is 4.21. The second kappa shape index (κ2) is 4.54. The van der Waals surface area contributed by atoms with Crippen molar-refractivity contribution >= 4 is 11.6 Å². The summed E-state index contributed by atoms with van der Waals surface area (Å²) in [5, 5.41) is 18.8. The van der Waals surface area contributed by atoms with E-state index in [1.807, 2.05) is 0 Å². The fraction of sp³-hybridized carbons (Fsp3) is 0.100. The molecule has 0 aliphatic rings. The first kappa shape index (κ1) is 12.5. The van der Waals surface area contributed by atoms with Gasteiger partial charge in [-0.1, -0.05) is 0 Å². The highest BCUT2D eigenvalue weighted by atomic mass is 19.4. The van der Waals surface area contributed by atoms with Gasteiger partial charge in [0.25, 0.3) is 0 Å². The van der Waals surface area contributed by atoms with E-state index >= 15 is 0 Å². The summed E-state index contributed by atoms with van der Waals surface area (Å²) < 4.78 is 35.8. The number of hydrogen-bond donors (Lipinski definition) is 1. The Morgan fingerprint density at radius 3 is 2.24 bits per heavy atom. The highest BCUT2D eigenvalue weighted by Crippen LogP contribution is 2.20. The highest BCUT2D eigenvalue weighted by Gasteiger charge is 2.38. The minimum atomic E-state index is -5.00. The zero-order valence-electron chi connectivity index (χ0n) is 8.17. The second-order valence-corrected chi connectivity index (χ2v) is 2.94. The summed E-state index contributed by atoms with van der Waals surface area (Å²) in [4.78, 5) is 10.6. The summed E-state index contributed by atoms with van der Waals surface area (Å²) in [6.07, 6.45) is -5.00. The maximum atomic E-state index is 11.9. The zero-order chi connectivity index (χ0) is 13.1. The van der Waals surface area contributed by atoms with E-state index in [1.54, 1.807) is 17.5 Å². The minimum Gasteiger partial charge on any atom is -0.318 e. The third kappa shape index (κ3) is 2.95. The Hall–Kier alpha value is -2.54. The van der Waals surface area contributed by atoms with Crippen LogP contribution in [0.2, 0.25) is 0 Å². The molecule has 0 atom stereocenters. The van der Waals surface area contributed by atoms with Crippen molar-refractivity contribution in [1.29, 1.82) is 10.5 Å². The Kier molecular flexibility index (Phi) is 3.34. The molecule has 0 heterocycles. The van der Waals surface area contributed by atoms with Crippen molar-refractivity contribution in [3.05, 3.63) is 29.3 Å². The van der Waals surface area contributed by atoms with Crippen LogP contribution in [-0.2, 0) is 4.79 Å². The number of anilines is 1. The molecule has 1 aromatic carbocycles. The Morgan fingerprint density at radius 2 is 1.76 bits per heavy atom. The maximum absolute atomic E-state index is 11.9. The molecule has 86 valence electrons. The first-order valence-corrected chi connectivity index (χ1v) is 4.21. The number of carbonyl (C=O) groups is 1. The van der Waals surface area contributed by atoms with Crippen LogP contribution in [0.3, 0.4) is 0 Å². The quantitative estimate of drug-likeness (QED) is 0.813. The van der Waals surface area contributed by atoms with E-state index in [0.717, 1.165) is 18.2 Å². The van der Waals surface area contributed by atoms with Crippen LogP contribution in [0.25, 0.3) is 0 Å². The van der Waals surface area contributed by atoms with Crippen molar-refractivity contribution in [2.75, 3.05) is 5.32 Å². The molecule has 0 spiro atoms. The van der Waals surface area contributed by atoms with Crippen molar-refractivity contribution in [2.45, 2.75) is 6.18 Å². The van der Waals surface area contributed by atoms with E-state index in [2.05, 4.69) is 0 Å². The average Bonchev–Trinajstić information content (AvgIpc) is 2.27. The fourth-order valence-corrected chi connectivity index (χ4v) is 1.01. The number of rotatable bonds is 1. The predicted molar refractivity (Wildman–Crippen MR) is 50.6 cm³/mol. The van der Waals surface area contributed by atoms with Crippen LogP contribution in [0.4, 0.5) is 18.9 Å². The first-order chi connectivity index (χ1) is 7.88. The number of nitrogens with zero attached hydrogens (tertiary/aromatic N) is 2. The van der Waals surface area contributed by atoms with Crippen LogP contribution in [-0.4, -0.2) is 12.1 Å². The molecule has 0 aliphatic carbocycles. The number of nitriles is 2. The predicted octanol–water partition coefficient (Wildman–Crippen LogP) is 1.93. The molecule has 1 aromatic rings. The van der Waals surface area contributed by atoms with Crippen molar-refractivity contribution in [1.82, 2.24) is 0 Å². The van der Waals surface area contributed by atoms with Gasteiger partial charge in [-0.25, -0.2) is 0 Å². The molecule has 0 radical (unpaired) electrons. The number of nitrogens with one attached hydrogen (secondary N) is 1. The molecule has 1 N–H and O–H groups in total. The lowest BCUT2D eigenvalue weighted by molar-refractivity contribution is -0.167. The smallest absolute Gasteiger partial charge is 0.318 e. The molecular weight excluding hydrogens is 235 g/mol. The SMILES string of the molecule is N#Cc1ccc(NC(=O)C(F)(F)F)cc1C#N. The van der Waals surface area contributed by atoms with Gasteiger partial charge >= 0.3 is 12.1 Å². The normalized spacial score (nSPS) is 10.2. The summed E-state index contributed by atoms with van der Waals surface area (Å²) in [5.41, 5.74) is -0.271. The number of hydrogen-bond acceptors (Lipinski definition) is 3. The Balaban J connectivity index is 3.01. The van der Waals surface area contributed by atoms with Crippen LogP contribution in [0.1, 0.15) is 11.1 Å². The van der Waals surface area contributed by atoms with Crippen molar-refractivity contribution in [2.24, 2.45) is 0 Å². The molecule has 0 fully saturated rings. The molecule has 1 rings (SSSR count). The highest BCUT2D eigenvalue weighted by molar-refractivity contribution is 5.95. The van der Waals surface area contributed by atoms with E-state index < -0.39 is 12.1 Å². The molecule has 0 unspecified atom stereocenters. The molecule has 0 bridgehead atoms. The Bertz CT molecular complexity index is 537. The Morgan fingerprint density at radius 1 is 1.18 bits per heavy atom. The number of carbonyl (C=O) groups excluding carboxylic acids is 1. The third-order valence-corrected chi connectivity index (χ3v) is 1.78. The van der Waals surface area contributed by atoms with Gasteiger partial charge in [0.2, 0.25) is 0 Å². The van der Waals surface area contributed by atoms with Gasteiger partial charge in [0.05, 0.1) is 11.1 Å². The molecule has 0 saturated carbocycles. The van der Waals surface area contributed by atoms with E-state index in [4.69, 9.17) is 10.5 Å². The summed E-state index contributed by atoms with van der Waals surface area (Å²) in [7, 11) is 0. The topological polar surface area (TPSA) is 76.7 Å². The lowest BCUT2D eigenvalue weighted by Gasteiger charge is -2.08. The van der Waals surface area contributed by atoms with E-state index in [1.165, 1.54) is 0 Å². The van der Waals surface area contributed by atoms with Crippen molar-refractivity contribution in [3.63, 3.8) is 0 Å². The molecule has 4 nitrogen and oxygen atoms in total. The van der Waals surface area contributed by atoms with Crippen LogP contribution in [0.15, 0.2) is 18.2 Å². The fourth-order valence-electron chi connectivity index (χ4n) is 1.01. The molecular formula is C10H4F3N3O. The number of halogens is 3. The van der Waals surface area contributed by atoms with Gasteiger partial charge < -0.3 is 5.32 Å². The summed E-state index contributed by atoms with van der Waals surface area (Å²) >= 11 is 0. The van der Waals surface area contributed by atoms with Gasteiger partial charge in [0, 0.05) is 5.69 Å². The van der Waals surface area contributed by atoms with Gasteiger partial charge in [-0.05, 0) is 18.2 Å². The van der Waals surface area contributed by atoms with E-state index in [-0.39, 0.29) is 16.8 Å². The van der Waals surface area contributed by atoms with E-state index in [9.17, 15) is 18.0 Å². The summed E-state index contributed by atoms with van der Waals surface area (Å²) in [6, 6.07) is 6.62. The Labute approximate surface area is 93.9 Å². The summed E-state index contributed by atoms with van der Waals surface area (Å²) in [6.45, 7) is 0. The van der Waals surface area contributed by atoms with Crippen LogP contribution < -0.4 is 5.32 Å². The second-order valence-electron chi connectivity index (χ2n) is 2.94. The van der Waals surface area contributed by atoms with Gasteiger partial charge in [0.1, 0.15) is 12.1 Å². The zero-order valence-corrected chi connectivity index (χ0v) is 8.17. The van der Waals surface area contributed by atoms with Crippen LogP contribution in [0.5, 0.6) is 0 Å². The number of amides is 1. The molecule has 1 amide bonds. The van der Waals surface area contributed by atoms with Gasteiger partial charge in [0.15, 0.2) is 0 Å². The molecule has 17 heavy (non-hydrogen) atoms. The van der Waals surface area contributed by atoms with Gasteiger partial charge in [-0.3, -0.25) is 4.79 Å². The maximum Gasteiger partial charge on any atom is 0.471 e. The van der Waals surface area contributed by atoms with Crippen molar-refractivity contribution in [3.8, 4) is 12.1 Å². The monoisotopic (exact) mass is 239 g/mol. The van der Waals surface area contributed by atoms with Crippen LogP contribution in [0, 0.1) is 22.7 Å². The van der Waals surface area contributed by atoms with Crippen molar-refractivity contribution < 1.29 is 18.0 Å². The van der Waals surface area contributed by atoms with E-state index in [0.29, 0.717) is 0 Å². The minimum absolute atomic E-state index is 0.0255. The van der Waals surface area contributed by atoms with Gasteiger partial charge in [-0.2, -0.15) is 23.7 Å². The summed E-state index contributed by atoms with van der Waals surface area (Å²) in [5.74, 6) is -2.13. The average molecular weight is 239 g/mol. The third-order valence-electron chi connectivity index (χ3n) is 1.78. The largest absolute Gasteiger partial charge is 0.471 e. The molecule has 0 aromatic heterocycles. The van der Waals surface area contributed by atoms with Crippen LogP contribution >= 0.6 is 0 Å². The molecule has 7 heteroatoms. The molecule has 0 saturated heterocycles. The number of benzene rings is 1. The molecule has 0 aliphatic heterocycles. The standard InChI is InChI=1S/C10H4F3N3O/c11-10(12,13)9(17)16-8-2-1-6(4-14)7(3-8)5-15/h1-3H,(H,16,17). The lowest BCUT2D eigenvalue weighted by atomic mass is 10.1.